The Bertz CT molecular complexity index is 652. The van der Waals surface area contributed by atoms with Crippen molar-refractivity contribution >= 4 is 16.8 Å². The average Bonchev–Trinajstić information content (AvgIpc) is 2.88. The molecule has 0 amide bonds. The summed E-state index contributed by atoms with van der Waals surface area (Å²) in [6.07, 6.45) is 1.97. The summed E-state index contributed by atoms with van der Waals surface area (Å²) in [5.41, 5.74) is 1.35. The lowest BCUT2D eigenvalue weighted by Crippen LogP contribution is -2.33. The van der Waals surface area contributed by atoms with Crippen LogP contribution < -0.4 is 0 Å². The van der Waals surface area contributed by atoms with Crippen molar-refractivity contribution in [3.8, 4) is 6.07 Å². The van der Waals surface area contributed by atoms with Crippen LogP contribution in [0.1, 0.15) is 30.6 Å². The van der Waals surface area contributed by atoms with Crippen LogP contribution in [0.15, 0.2) is 34.9 Å². The monoisotopic (exact) mass is 284 g/mol. The highest BCUT2D eigenvalue weighted by atomic mass is 16.3. The van der Waals surface area contributed by atoms with E-state index in [1.54, 1.807) is 0 Å². The smallest absolute Gasteiger partial charge is 0.180 e. The quantitative estimate of drug-likeness (QED) is 0.730. The Morgan fingerprint density at radius 2 is 2.14 bits per heavy atom. The van der Waals surface area contributed by atoms with E-state index in [1.165, 1.54) is 6.26 Å². The summed E-state index contributed by atoms with van der Waals surface area (Å²) in [6, 6.07) is 9.68. The van der Waals surface area contributed by atoms with Gasteiger partial charge in [0.2, 0.25) is 0 Å². The molecule has 2 aromatic rings. The number of furan rings is 1. The molecule has 2 rings (SSSR count). The fourth-order valence-electron chi connectivity index (χ4n) is 2.44. The van der Waals surface area contributed by atoms with Gasteiger partial charge in [0.25, 0.3) is 0 Å². The Balaban J connectivity index is 2.12. The number of hydrogen-bond acceptors (Lipinski definition) is 4. The molecule has 0 fully saturated rings. The summed E-state index contributed by atoms with van der Waals surface area (Å²) in [4.78, 5) is 14.5. The molecule has 0 unspecified atom stereocenters. The van der Waals surface area contributed by atoms with Gasteiger partial charge in [-0.2, -0.15) is 5.26 Å². The molecule has 0 N–H and O–H groups in total. The van der Waals surface area contributed by atoms with Gasteiger partial charge in [-0.1, -0.05) is 32.0 Å². The highest BCUT2D eigenvalue weighted by molar-refractivity contribution is 6.08. The average molecular weight is 284 g/mol. The lowest BCUT2D eigenvalue weighted by Gasteiger charge is -2.22. The molecule has 21 heavy (non-hydrogen) atoms. The van der Waals surface area contributed by atoms with E-state index in [9.17, 15) is 4.79 Å². The zero-order chi connectivity index (χ0) is 15.2. The van der Waals surface area contributed by atoms with Crippen molar-refractivity contribution in [2.45, 2.75) is 20.3 Å². The molecule has 0 atom stereocenters. The molecule has 110 valence electrons. The van der Waals surface area contributed by atoms with E-state index in [0.717, 1.165) is 17.5 Å². The molecule has 0 spiro atoms. The van der Waals surface area contributed by atoms with Crippen molar-refractivity contribution in [2.75, 3.05) is 19.6 Å². The number of nitriles is 1. The van der Waals surface area contributed by atoms with E-state index in [2.05, 4.69) is 19.9 Å². The summed E-state index contributed by atoms with van der Waals surface area (Å²) in [7, 11) is 0. The van der Waals surface area contributed by atoms with E-state index >= 15 is 0 Å². The second-order valence-electron chi connectivity index (χ2n) is 5.61. The number of hydrogen-bond donors (Lipinski definition) is 0. The number of fused-ring (bicyclic) bond motifs is 1. The first-order chi connectivity index (χ1) is 10.1. The molecule has 0 radical (unpaired) electrons. The maximum absolute atomic E-state index is 12.5. The van der Waals surface area contributed by atoms with Crippen LogP contribution in [-0.4, -0.2) is 30.3 Å². The minimum absolute atomic E-state index is 0.0403. The van der Waals surface area contributed by atoms with Crippen molar-refractivity contribution in [1.29, 1.82) is 5.26 Å². The number of rotatable bonds is 7. The van der Waals surface area contributed by atoms with E-state index in [0.29, 0.717) is 31.0 Å². The summed E-state index contributed by atoms with van der Waals surface area (Å²) >= 11 is 0. The Morgan fingerprint density at radius 1 is 1.38 bits per heavy atom. The predicted molar refractivity (Wildman–Crippen MR) is 82.1 cm³/mol. The van der Waals surface area contributed by atoms with Gasteiger partial charge in [-0.3, -0.25) is 9.69 Å². The van der Waals surface area contributed by atoms with Crippen LogP contribution in [0.3, 0.4) is 0 Å². The summed E-state index contributed by atoms with van der Waals surface area (Å²) < 4.78 is 5.42. The van der Waals surface area contributed by atoms with Crippen molar-refractivity contribution < 1.29 is 9.21 Å². The van der Waals surface area contributed by atoms with E-state index < -0.39 is 0 Å². The third-order valence-electron chi connectivity index (χ3n) is 3.31. The first-order valence-electron chi connectivity index (χ1n) is 7.20. The van der Waals surface area contributed by atoms with Gasteiger partial charge in [0.1, 0.15) is 11.8 Å². The minimum Gasteiger partial charge on any atom is -0.464 e. The normalized spacial score (nSPS) is 11.2. The van der Waals surface area contributed by atoms with Crippen LogP contribution in [0.4, 0.5) is 0 Å². The lowest BCUT2D eigenvalue weighted by molar-refractivity contribution is 0.0924. The van der Waals surface area contributed by atoms with Gasteiger partial charge in [0.15, 0.2) is 5.78 Å². The van der Waals surface area contributed by atoms with Gasteiger partial charge in [-0.05, 0) is 12.0 Å². The molecule has 0 aliphatic heterocycles. The molecule has 1 aromatic carbocycles. The number of Topliss-reactive ketones (excluding diaryl/α,β-unsaturated/α-hetero) is 1. The topological polar surface area (TPSA) is 57.2 Å². The summed E-state index contributed by atoms with van der Waals surface area (Å²) in [6.45, 7) is 5.97. The molecule has 0 aliphatic rings. The standard InChI is InChI=1S/C17H20N2O2/c1-13(2)10-19(9-5-8-18)11-16(20)15-12-21-17-7-4-3-6-14(15)17/h3-4,6-7,12-13H,5,9-11H2,1-2H3. The molecule has 0 aliphatic carbocycles. The SMILES string of the molecule is CC(C)CN(CCC#N)CC(=O)c1coc2ccccc12. The third-order valence-corrected chi connectivity index (χ3v) is 3.31. The molecule has 1 heterocycles. The van der Waals surface area contributed by atoms with E-state index in [1.807, 2.05) is 29.2 Å². The molecule has 4 heteroatoms. The van der Waals surface area contributed by atoms with Crippen LogP contribution >= 0.6 is 0 Å². The summed E-state index contributed by atoms with van der Waals surface area (Å²) in [5.74, 6) is 0.496. The number of ketones is 1. The van der Waals surface area contributed by atoms with Crippen LogP contribution in [0, 0.1) is 17.2 Å². The van der Waals surface area contributed by atoms with Gasteiger partial charge >= 0.3 is 0 Å². The fraction of sp³-hybridized carbons (Fsp3) is 0.412. The maximum atomic E-state index is 12.5. The van der Waals surface area contributed by atoms with Crippen LogP contribution in [0.25, 0.3) is 11.0 Å². The number of nitrogens with zero attached hydrogens (tertiary/aromatic N) is 2. The first-order valence-corrected chi connectivity index (χ1v) is 7.20. The fourth-order valence-corrected chi connectivity index (χ4v) is 2.44. The van der Waals surface area contributed by atoms with E-state index in [4.69, 9.17) is 9.68 Å². The van der Waals surface area contributed by atoms with Crippen molar-refractivity contribution in [1.82, 2.24) is 4.90 Å². The number of carbonyl (C=O) groups excluding carboxylic acids is 1. The number of benzene rings is 1. The van der Waals surface area contributed by atoms with Crippen LogP contribution in [-0.2, 0) is 0 Å². The van der Waals surface area contributed by atoms with Gasteiger partial charge in [-0.15, -0.1) is 0 Å². The third kappa shape index (κ3) is 3.93. The first kappa shape index (κ1) is 15.3. The van der Waals surface area contributed by atoms with Gasteiger partial charge in [0, 0.05) is 24.9 Å². The molecule has 0 bridgehead atoms. The second kappa shape index (κ2) is 7.05. The Morgan fingerprint density at radius 3 is 2.86 bits per heavy atom. The zero-order valence-electron chi connectivity index (χ0n) is 12.5. The molecule has 4 nitrogen and oxygen atoms in total. The largest absolute Gasteiger partial charge is 0.464 e. The van der Waals surface area contributed by atoms with Crippen molar-refractivity contribution in [3.05, 3.63) is 36.1 Å². The maximum Gasteiger partial charge on any atom is 0.180 e. The van der Waals surface area contributed by atoms with Gasteiger partial charge < -0.3 is 4.42 Å². The molecule has 0 saturated carbocycles. The van der Waals surface area contributed by atoms with Crippen LogP contribution in [0.5, 0.6) is 0 Å². The Hall–Kier alpha value is -2.12. The number of para-hydroxylation sites is 1. The van der Waals surface area contributed by atoms with Gasteiger partial charge in [0.05, 0.1) is 18.2 Å². The van der Waals surface area contributed by atoms with E-state index in [-0.39, 0.29) is 5.78 Å². The Kier molecular flexibility index (Phi) is 5.13. The summed E-state index contributed by atoms with van der Waals surface area (Å²) in [5, 5.41) is 9.59. The predicted octanol–water partition coefficient (Wildman–Crippen LogP) is 3.49. The highest BCUT2D eigenvalue weighted by Crippen LogP contribution is 2.21. The zero-order valence-corrected chi connectivity index (χ0v) is 12.5. The molecular weight excluding hydrogens is 264 g/mol. The molecule has 0 saturated heterocycles. The van der Waals surface area contributed by atoms with Crippen molar-refractivity contribution in [3.63, 3.8) is 0 Å². The highest BCUT2D eigenvalue weighted by Gasteiger charge is 2.17. The Labute approximate surface area is 125 Å². The minimum atomic E-state index is 0.0403. The van der Waals surface area contributed by atoms with Gasteiger partial charge in [-0.25, -0.2) is 0 Å². The molecule has 1 aromatic heterocycles. The van der Waals surface area contributed by atoms with Crippen LogP contribution in [0.2, 0.25) is 0 Å². The molecular formula is C17H20N2O2. The van der Waals surface area contributed by atoms with Crippen molar-refractivity contribution in [2.24, 2.45) is 5.92 Å². The second-order valence-corrected chi connectivity index (χ2v) is 5.61. The number of carbonyl (C=O) groups is 1. The lowest BCUT2D eigenvalue weighted by atomic mass is 10.1.